The number of benzene rings is 2. The third kappa shape index (κ3) is 6.26. The van der Waals surface area contributed by atoms with Crippen LogP contribution >= 0.6 is 0 Å². The van der Waals surface area contributed by atoms with E-state index >= 15 is 0 Å². The van der Waals surface area contributed by atoms with Gasteiger partial charge < -0.3 is 24.1 Å². The molecule has 0 spiro atoms. The van der Waals surface area contributed by atoms with Gasteiger partial charge in [-0.1, -0.05) is 12.7 Å². The van der Waals surface area contributed by atoms with Crippen molar-refractivity contribution in [3.05, 3.63) is 60.2 Å². The van der Waals surface area contributed by atoms with Gasteiger partial charge >= 0.3 is 5.97 Å². The van der Waals surface area contributed by atoms with Crippen LogP contribution < -0.4 is 24.4 Å². The molecule has 0 atom stereocenters. The van der Waals surface area contributed by atoms with Crippen molar-refractivity contribution in [1.82, 2.24) is 5.43 Å². The number of hydrogen-bond acceptors (Lipinski definition) is 7. The quantitative estimate of drug-likeness (QED) is 0.330. The van der Waals surface area contributed by atoms with Crippen LogP contribution in [0.3, 0.4) is 0 Å². The number of hydrazone groups is 1. The number of nitrogens with zero attached hydrogens (tertiary/aromatic N) is 1. The Bertz CT molecular complexity index is 941. The van der Waals surface area contributed by atoms with Crippen LogP contribution in [0.1, 0.15) is 15.9 Å². The van der Waals surface area contributed by atoms with Gasteiger partial charge in [-0.05, 0) is 42.0 Å². The SMILES string of the molecule is C=CCOc1ccc(C(=O)N/N=C/c2ccc(OCC(=O)O)c(OC)c2)cc1OC. The van der Waals surface area contributed by atoms with Crippen LogP contribution in [0, 0.1) is 0 Å². The van der Waals surface area contributed by atoms with Crippen LogP contribution in [0.15, 0.2) is 54.2 Å². The zero-order chi connectivity index (χ0) is 21.9. The summed E-state index contributed by atoms with van der Waals surface area (Å²) in [6.45, 7) is 3.41. The molecule has 2 aromatic rings. The van der Waals surface area contributed by atoms with Crippen molar-refractivity contribution >= 4 is 18.1 Å². The second-order valence-corrected chi connectivity index (χ2v) is 5.76. The first-order valence-corrected chi connectivity index (χ1v) is 8.76. The van der Waals surface area contributed by atoms with E-state index in [0.717, 1.165) is 0 Å². The van der Waals surface area contributed by atoms with Gasteiger partial charge in [0.05, 0.1) is 20.4 Å². The summed E-state index contributed by atoms with van der Waals surface area (Å²) < 4.78 is 21.0. The number of carbonyl (C=O) groups excluding carboxylic acids is 1. The lowest BCUT2D eigenvalue weighted by Gasteiger charge is -2.10. The topological polar surface area (TPSA) is 116 Å². The van der Waals surface area contributed by atoms with Crippen LogP contribution in [0.25, 0.3) is 0 Å². The Morgan fingerprint density at radius 2 is 1.70 bits per heavy atom. The highest BCUT2D eigenvalue weighted by molar-refractivity contribution is 5.95. The van der Waals surface area contributed by atoms with Crippen LogP contribution in [0.2, 0.25) is 0 Å². The number of nitrogens with one attached hydrogen (secondary N) is 1. The Balaban J connectivity index is 2.04. The smallest absolute Gasteiger partial charge is 0.341 e. The van der Waals surface area contributed by atoms with E-state index < -0.39 is 18.5 Å². The Hall–Kier alpha value is -4.01. The second-order valence-electron chi connectivity index (χ2n) is 5.76. The number of amides is 1. The summed E-state index contributed by atoms with van der Waals surface area (Å²) in [5.74, 6) is -0.00114. The second kappa shape index (κ2) is 11.1. The van der Waals surface area contributed by atoms with Gasteiger partial charge in [-0.25, -0.2) is 10.2 Å². The molecule has 0 radical (unpaired) electrons. The Morgan fingerprint density at radius 1 is 1.03 bits per heavy atom. The lowest BCUT2D eigenvalue weighted by atomic mass is 10.2. The molecule has 0 aliphatic heterocycles. The molecule has 2 N–H and O–H groups in total. The van der Waals surface area contributed by atoms with Gasteiger partial charge in [-0.3, -0.25) is 4.79 Å². The number of aliphatic carboxylic acids is 1. The van der Waals surface area contributed by atoms with E-state index in [1.165, 1.54) is 20.4 Å². The number of carboxylic acid groups (broad SMARTS) is 1. The van der Waals surface area contributed by atoms with E-state index in [1.54, 1.807) is 42.5 Å². The first kappa shape index (κ1) is 22.3. The van der Waals surface area contributed by atoms with Gasteiger partial charge in [-0.15, -0.1) is 0 Å². The number of carbonyl (C=O) groups is 2. The summed E-state index contributed by atoms with van der Waals surface area (Å²) in [7, 11) is 2.91. The molecule has 0 aliphatic carbocycles. The average Bonchev–Trinajstić information content (AvgIpc) is 2.76. The number of hydrogen-bond donors (Lipinski definition) is 2. The minimum Gasteiger partial charge on any atom is -0.493 e. The van der Waals surface area contributed by atoms with Crippen molar-refractivity contribution in [2.45, 2.75) is 0 Å². The van der Waals surface area contributed by atoms with Crippen molar-refractivity contribution in [1.29, 1.82) is 0 Å². The van der Waals surface area contributed by atoms with Crippen molar-refractivity contribution in [2.75, 3.05) is 27.4 Å². The van der Waals surface area contributed by atoms with E-state index in [-0.39, 0.29) is 5.75 Å². The molecule has 30 heavy (non-hydrogen) atoms. The number of ether oxygens (including phenoxy) is 4. The number of carboxylic acids is 1. The Labute approximate surface area is 173 Å². The van der Waals surface area contributed by atoms with Gasteiger partial charge in [0.25, 0.3) is 5.91 Å². The summed E-state index contributed by atoms with van der Waals surface area (Å²) in [6, 6.07) is 9.55. The minimum absolute atomic E-state index is 0.284. The van der Waals surface area contributed by atoms with Crippen molar-refractivity contribution in [3.8, 4) is 23.0 Å². The first-order valence-electron chi connectivity index (χ1n) is 8.76. The Kier molecular flexibility index (Phi) is 8.25. The molecular weight excluding hydrogens is 392 g/mol. The van der Waals surface area contributed by atoms with E-state index in [0.29, 0.717) is 35.0 Å². The zero-order valence-corrected chi connectivity index (χ0v) is 16.6. The minimum atomic E-state index is -1.10. The molecule has 0 saturated carbocycles. The van der Waals surface area contributed by atoms with Crippen molar-refractivity contribution < 1.29 is 33.6 Å². The molecule has 1 amide bonds. The van der Waals surface area contributed by atoms with Gasteiger partial charge in [0.2, 0.25) is 0 Å². The van der Waals surface area contributed by atoms with Crippen LogP contribution in [-0.2, 0) is 4.79 Å². The van der Waals surface area contributed by atoms with Crippen LogP contribution in [0.4, 0.5) is 0 Å². The van der Waals surface area contributed by atoms with E-state index in [4.69, 9.17) is 24.1 Å². The normalized spacial score (nSPS) is 10.3. The zero-order valence-electron chi connectivity index (χ0n) is 16.6. The highest BCUT2D eigenvalue weighted by atomic mass is 16.5. The predicted molar refractivity (Wildman–Crippen MR) is 110 cm³/mol. The van der Waals surface area contributed by atoms with Crippen molar-refractivity contribution in [3.63, 3.8) is 0 Å². The van der Waals surface area contributed by atoms with Crippen molar-refractivity contribution in [2.24, 2.45) is 5.10 Å². The fourth-order valence-electron chi connectivity index (χ4n) is 2.33. The number of rotatable bonds is 11. The third-order valence-electron chi connectivity index (χ3n) is 3.70. The molecular formula is C21H22N2O7. The van der Waals surface area contributed by atoms with Gasteiger partial charge in [-0.2, -0.15) is 5.10 Å². The van der Waals surface area contributed by atoms with Crippen LogP contribution in [0.5, 0.6) is 23.0 Å². The highest BCUT2D eigenvalue weighted by Crippen LogP contribution is 2.28. The molecule has 0 aliphatic rings. The summed E-state index contributed by atoms with van der Waals surface area (Å²) in [5, 5.41) is 12.6. The standard InChI is InChI=1S/C21H22N2O7/c1-4-9-29-16-8-6-15(11-19(16)28-3)21(26)23-22-12-14-5-7-17(18(10-14)27-2)30-13-20(24)25/h4-8,10-12H,1,9,13H2,2-3H3,(H,23,26)(H,24,25)/b22-12+. The summed E-state index contributed by atoms with van der Waals surface area (Å²) in [5.41, 5.74) is 3.37. The van der Waals surface area contributed by atoms with E-state index in [9.17, 15) is 9.59 Å². The van der Waals surface area contributed by atoms with E-state index in [2.05, 4.69) is 17.1 Å². The molecule has 9 nitrogen and oxygen atoms in total. The average molecular weight is 414 g/mol. The molecule has 0 aromatic heterocycles. The monoisotopic (exact) mass is 414 g/mol. The lowest BCUT2D eigenvalue weighted by molar-refractivity contribution is -0.139. The molecule has 2 rings (SSSR count). The largest absolute Gasteiger partial charge is 0.493 e. The molecule has 0 unspecified atom stereocenters. The fraction of sp³-hybridized carbons (Fsp3) is 0.190. The highest BCUT2D eigenvalue weighted by Gasteiger charge is 2.11. The molecule has 2 aromatic carbocycles. The third-order valence-corrected chi connectivity index (χ3v) is 3.70. The number of methoxy groups -OCH3 is 2. The van der Waals surface area contributed by atoms with Gasteiger partial charge in [0.15, 0.2) is 29.6 Å². The predicted octanol–water partition coefficient (Wildman–Crippen LogP) is 2.50. The maximum atomic E-state index is 12.3. The molecule has 0 saturated heterocycles. The first-order chi connectivity index (χ1) is 14.5. The summed E-state index contributed by atoms with van der Waals surface area (Å²) >= 11 is 0. The molecule has 158 valence electrons. The van der Waals surface area contributed by atoms with Crippen LogP contribution in [-0.4, -0.2) is 50.6 Å². The molecule has 0 fully saturated rings. The Morgan fingerprint density at radius 3 is 2.37 bits per heavy atom. The molecule has 0 heterocycles. The fourth-order valence-corrected chi connectivity index (χ4v) is 2.33. The van der Waals surface area contributed by atoms with Gasteiger partial charge in [0, 0.05) is 5.56 Å². The summed E-state index contributed by atoms with van der Waals surface area (Å²) in [6.07, 6.45) is 3.02. The summed E-state index contributed by atoms with van der Waals surface area (Å²) in [4.78, 5) is 22.9. The van der Waals surface area contributed by atoms with Gasteiger partial charge in [0.1, 0.15) is 6.61 Å². The van der Waals surface area contributed by atoms with E-state index in [1.807, 2.05) is 0 Å². The molecule has 0 bridgehead atoms. The lowest BCUT2D eigenvalue weighted by Crippen LogP contribution is -2.17. The maximum absolute atomic E-state index is 12.3. The maximum Gasteiger partial charge on any atom is 0.341 e. The molecule has 9 heteroatoms.